The number of methoxy groups -OCH3 is 1. The van der Waals surface area contributed by atoms with Crippen LogP contribution in [0.2, 0.25) is 0 Å². The summed E-state index contributed by atoms with van der Waals surface area (Å²) in [4.78, 5) is 0. The van der Waals surface area contributed by atoms with E-state index in [1.54, 1.807) is 5.31 Å². The van der Waals surface area contributed by atoms with Crippen LogP contribution in [0.5, 0.6) is 0 Å². The molecule has 3 aliphatic rings. The van der Waals surface area contributed by atoms with Crippen LogP contribution in [-0.2, 0) is 4.74 Å². The van der Waals surface area contributed by atoms with Crippen molar-refractivity contribution in [1.82, 2.24) is 0 Å². The zero-order valence-corrected chi connectivity index (χ0v) is 15.4. The summed E-state index contributed by atoms with van der Waals surface area (Å²) in [5.41, 5.74) is 2.01. The second-order valence-corrected chi connectivity index (χ2v) is 10.2. The summed E-state index contributed by atoms with van der Waals surface area (Å²) in [5.74, 6) is 0.556. The van der Waals surface area contributed by atoms with Gasteiger partial charge in [0, 0.05) is 13.0 Å². The molecule has 1 nitrogen and oxygen atoms in total. The molecular weight excluding hydrogens is 287 g/mol. The van der Waals surface area contributed by atoms with Crippen molar-refractivity contribution in [2.24, 2.45) is 5.92 Å². The number of hydrogen-bond acceptors (Lipinski definition) is 1. The standard InChI is InChI=1S/C20H33OP/c1-16(21-2)19-14-9-15-20(19)22(17-10-5-3-6-11-17)18-12-7-4-8-13-18/h9,14-19H,3-8,10-13H2,1-2H3. The largest absolute Gasteiger partial charge is 0.381 e. The van der Waals surface area contributed by atoms with Gasteiger partial charge in [-0.05, 0) is 49.2 Å². The van der Waals surface area contributed by atoms with Gasteiger partial charge in [-0.15, -0.1) is 0 Å². The van der Waals surface area contributed by atoms with Gasteiger partial charge in [-0.2, -0.15) is 0 Å². The molecule has 22 heavy (non-hydrogen) atoms. The van der Waals surface area contributed by atoms with Crippen LogP contribution in [0.15, 0.2) is 23.5 Å². The number of rotatable bonds is 5. The molecule has 3 rings (SSSR count). The minimum atomic E-state index is 0.0430. The van der Waals surface area contributed by atoms with Crippen molar-refractivity contribution in [2.45, 2.75) is 88.6 Å². The van der Waals surface area contributed by atoms with E-state index >= 15 is 0 Å². The van der Waals surface area contributed by atoms with Crippen LogP contribution in [0.25, 0.3) is 0 Å². The lowest BCUT2D eigenvalue weighted by atomic mass is 9.99. The fourth-order valence-electron chi connectivity index (χ4n) is 4.72. The van der Waals surface area contributed by atoms with Gasteiger partial charge in [-0.1, -0.05) is 64.7 Å². The Morgan fingerprint density at radius 3 is 2.00 bits per heavy atom. The minimum Gasteiger partial charge on any atom is -0.381 e. The summed E-state index contributed by atoms with van der Waals surface area (Å²) < 4.78 is 5.71. The molecule has 2 heteroatoms. The first-order valence-electron chi connectivity index (χ1n) is 9.50. The van der Waals surface area contributed by atoms with Gasteiger partial charge >= 0.3 is 0 Å². The molecule has 2 atom stereocenters. The lowest BCUT2D eigenvalue weighted by molar-refractivity contribution is 0.0976. The van der Waals surface area contributed by atoms with Gasteiger partial charge in [0.15, 0.2) is 0 Å². The summed E-state index contributed by atoms with van der Waals surface area (Å²) >= 11 is 0. The maximum atomic E-state index is 5.71. The van der Waals surface area contributed by atoms with Crippen LogP contribution in [0.4, 0.5) is 0 Å². The van der Waals surface area contributed by atoms with Crippen LogP contribution in [-0.4, -0.2) is 24.5 Å². The molecule has 2 unspecified atom stereocenters. The second kappa shape index (κ2) is 8.11. The van der Waals surface area contributed by atoms with E-state index in [0.717, 1.165) is 11.3 Å². The first-order chi connectivity index (χ1) is 10.8. The van der Waals surface area contributed by atoms with E-state index in [-0.39, 0.29) is 7.92 Å². The zero-order valence-electron chi connectivity index (χ0n) is 14.5. The van der Waals surface area contributed by atoms with Gasteiger partial charge in [-0.3, -0.25) is 0 Å². The van der Waals surface area contributed by atoms with Gasteiger partial charge in [0.05, 0.1) is 6.10 Å². The highest BCUT2D eigenvalue weighted by molar-refractivity contribution is 7.63. The molecule has 0 heterocycles. The maximum Gasteiger partial charge on any atom is 0.0646 e. The molecule has 0 bridgehead atoms. The van der Waals surface area contributed by atoms with Crippen LogP contribution in [0.3, 0.4) is 0 Å². The molecule has 0 aromatic heterocycles. The lowest BCUT2D eigenvalue weighted by Gasteiger charge is -2.41. The summed E-state index contributed by atoms with van der Waals surface area (Å²) in [5, 5.41) is 1.78. The summed E-state index contributed by atoms with van der Waals surface area (Å²) in [7, 11) is 1.92. The fraction of sp³-hybridized carbons (Fsp3) is 0.800. The highest BCUT2D eigenvalue weighted by atomic mass is 31.1. The van der Waals surface area contributed by atoms with Crippen LogP contribution >= 0.6 is 7.92 Å². The van der Waals surface area contributed by atoms with E-state index in [9.17, 15) is 0 Å². The Labute approximate surface area is 138 Å². The average molecular weight is 320 g/mol. The normalized spacial score (nSPS) is 29.0. The smallest absolute Gasteiger partial charge is 0.0646 e. The zero-order chi connectivity index (χ0) is 15.4. The van der Waals surface area contributed by atoms with Gasteiger partial charge in [0.2, 0.25) is 0 Å². The third-order valence-electron chi connectivity index (χ3n) is 6.04. The van der Waals surface area contributed by atoms with Crippen LogP contribution < -0.4 is 0 Å². The number of ether oxygens (including phenoxy) is 1. The average Bonchev–Trinajstić information content (AvgIpc) is 3.06. The Bertz CT molecular complexity index is 384. The van der Waals surface area contributed by atoms with Crippen molar-refractivity contribution >= 4 is 7.92 Å². The molecule has 0 aromatic rings. The van der Waals surface area contributed by atoms with Crippen molar-refractivity contribution in [2.75, 3.05) is 7.11 Å². The predicted octanol–water partition coefficient (Wildman–Crippen LogP) is 6.24. The second-order valence-electron chi connectivity index (χ2n) is 7.43. The molecule has 2 saturated carbocycles. The van der Waals surface area contributed by atoms with E-state index in [4.69, 9.17) is 4.74 Å². The van der Waals surface area contributed by atoms with Crippen molar-refractivity contribution in [3.05, 3.63) is 23.5 Å². The Morgan fingerprint density at radius 1 is 0.955 bits per heavy atom. The van der Waals surface area contributed by atoms with Gasteiger partial charge in [0.1, 0.15) is 0 Å². The summed E-state index contributed by atoms with van der Waals surface area (Å²) in [6, 6.07) is 0. The van der Waals surface area contributed by atoms with Crippen molar-refractivity contribution in [1.29, 1.82) is 0 Å². The molecule has 3 aliphatic carbocycles. The Kier molecular flexibility index (Phi) is 6.16. The molecule has 2 fully saturated rings. The molecule has 0 aromatic carbocycles. The van der Waals surface area contributed by atoms with E-state index in [0.29, 0.717) is 12.0 Å². The minimum absolute atomic E-state index is 0.0430. The molecule has 0 radical (unpaired) electrons. The Morgan fingerprint density at radius 2 is 1.50 bits per heavy atom. The van der Waals surface area contributed by atoms with Gasteiger partial charge in [0.25, 0.3) is 0 Å². The monoisotopic (exact) mass is 320 g/mol. The van der Waals surface area contributed by atoms with Crippen LogP contribution in [0.1, 0.15) is 71.1 Å². The number of hydrogen-bond donors (Lipinski definition) is 0. The van der Waals surface area contributed by atoms with Crippen molar-refractivity contribution in [3.8, 4) is 0 Å². The first kappa shape index (κ1) is 16.7. The molecule has 0 N–H and O–H groups in total. The van der Waals surface area contributed by atoms with Gasteiger partial charge < -0.3 is 4.74 Å². The highest BCUT2D eigenvalue weighted by Gasteiger charge is 2.37. The highest BCUT2D eigenvalue weighted by Crippen LogP contribution is 2.64. The third-order valence-corrected chi connectivity index (χ3v) is 9.69. The van der Waals surface area contributed by atoms with E-state index < -0.39 is 0 Å². The maximum absolute atomic E-state index is 5.71. The Hall–Kier alpha value is -0.130. The first-order valence-corrected chi connectivity index (χ1v) is 11.0. The van der Waals surface area contributed by atoms with E-state index in [2.05, 4.69) is 25.2 Å². The lowest BCUT2D eigenvalue weighted by Crippen LogP contribution is -2.25. The van der Waals surface area contributed by atoms with Crippen molar-refractivity contribution < 1.29 is 4.74 Å². The molecule has 0 spiro atoms. The molecule has 124 valence electrons. The van der Waals surface area contributed by atoms with Crippen molar-refractivity contribution in [3.63, 3.8) is 0 Å². The SMILES string of the molecule is COC(C)C1C=CC=C1P(C1CCCCC1)C1CCCCC1. The molecule has 0 saturated heterocycles. The fourth-order valence-corrected chi connectivity index (χ4v) is 8.90. The van der Waals surface area contributed by atoms with E-state index in [1.165, 1.54) is 64.2 Å². The molecular formula is C20H33OP. The van der Waals surface area contributed by atoms with Gasteiger partial charge in [-0.25, -0.2) is 0 Å². The van der Waals surface area contributed by atoms with Crippen LogP contribution in [0, 0.1) is 5.92 Å². The summed E-state index contributed by atoms with van der Waals surface area (Å²) in [6.45, 7) is 2.25. The van der Waals surface area contributed by atoms with E-state index in [1.807, 2.05) is 7.11 Å². The predicted molar refractivity (Wildman–Crippen MR) is 97.9 cm³/mol. The Balaban J connectivity index is 1.80. The quantitative estimate of drug-likeness (QED) is 0.545. The number of allylic oxidation sites excluding steroid dienone is 2. The third kappa shape index (κ3) is 3.68. The topological polar surface area (TPSA) is 9.23 Å². The molecule has 0 amide bonds. The molecule has 0 aliphatic heterocycles. The summed E-state index contributed by atoms with van der Waals surface area (Å²) in [6.07, 6.45) is 22.4.